The maximum atomic E-state index is 13.8. The van der Waals surface area contributed by atoms with E-state index >= 15 is 0 Å². The average molecular weight is 246 g/mol. The van der Waals surface area contributed by atoms with Crippen molar-refractivity contribution in [2.75, 3.05) is 5.73 Å². The van der Waals surface area contributed by atoms with Crippen molar-refractivity contribution < 1.29 is 13.3 Å². The molecule has 1 heterocycles. The van der Waals surface area contributed by atoms with Gasteiger partial charge in [-0.2, -0.15) is 0 Å². The van der Waals surface area contributed by atoms with Crippen molar-refractivity contribution in [3.8, 4) is 11.1 Å². The second-order valence-corrected chi connectivity index (χ2v) is 3.84. The van der Waals surface area contributed by atoms with Gasteiger partial charge in [0.2, 0.25) is 0 Å². The number of fused-ring (bicyclic) bond motifs is 1. The number of benzene rings is 2. The maximum Gasteiger partial charge on any atom is 0.175 e. The number of nitrogens with zero attached hydrogens (tertiary/aromatic N) is 1. The first-order chi connectivity index (χ1) is 8.68. The van der Waals surface area contributed by atoms with Gasteiger partial charge in [-0.1, -0.05) is 23.4 Å². The number of nitrogens with two attached hydrogens (primary N) is 1. The van der Waals surface area contributed by atoms with Crippen molar-refractivity contribution >= 4 is 16.8 Å². The molecule has 0 saturated carbocycles. The van der Waals surface area contributed by atoms with Crippen molar-refractivity contribution in [1.29, 1.82) is 0 Å². The lowest BCUT2D eigenvalue weighted by Crippen LogP contribution is -1.92. The molecular formula is C13H8F2N2O. The Balaban J connectivity index is 2.42. The molecule has 3 nitrogen and oxygen atoms in total. The lowest BCUT2D eigenvalue weighted by atomic mass is 10.0. The van der Waals surface area contributed by atoms with Gasteiger partial charge in [0.25, 0.3) is 0 Å². The number of hydrogen-bond acceptors (Lipinski definition) is 3. The highest BCUT2D eigenvalue weighted by Gasteiger charge is 2.17. The van der Waals surface area contributed by atoms with Crippen LogP contribution >= 0.6 is 0 Å². The van der Waals surface area contributed by atoms with Crippen LogP contribution in [0.2, 0.25) is 0 Å². The minimum Gasteiger partial charge on any atom is -0.380 e. The fourth-order valence-electron chi connectivity index (χ4n) is 1.98. The molecule has 0 aliphatic carbocycles. The summed E-state index contributed by atoms with van der Waals surface area (Å²) in [6.07, 6.45) is 0. The molecule has 0 radical (unpaired) electrons. The van der Waals surface area contributed by atoms with Crippen molar-refractivity contribution in [1.82, 2.24) is 5.16 Å². The van der Waals surface area contributed by atoms with Crippen molar-refractivity contribution in [3.05, 3.63) is 48.0 Å². The molecule has 2 aromatic carbocycles. The summed E-state index contributed by atoms with van der Waals surface area (Å²) in [4.78, 5) is 0. The van der Waals surface area contributed by atoms with Gasteiger partial charge in [0.05, 0.1) is 10.9 Å². The summed E-state index contributed by atoms with van der Waals surface area (Å²) in [7, 11) is 0. The third kappa shape index (κ3) is 1.44. The van der Waals surface area contributed by atoms with E-state index in [4.69, 9.17) is 10.3 Å². The zero-order chi connectivity index (χ0) is 12.7. The van der Waals surface area contributed by atoms with E-state index in [0.717, 1.165) is 0 Å². The van der Waals surface area contributed by atoms with Crippen LogP contribution in [-0.4, -0.2) is 5.16 Å². The van der Waals surface area contributed by atoms with Crippen LogP contribution in [0.4, 0.5) is 14.6 Å². The Morgan fingerprint density at radius 3 is 2.39 bits per heavy atom. The van der Waals surface area contributed by atoms with Crippen LogP contribution in [0.25, 0.3) is 22.1 Å². The number of aromatic nitrogens is 1. The molecule has 0 fully saturated rings. The predicted octanol–water partition coefficient (Wildman–Crippen LogP) is 3.36. The standard InChI is InChI=1S/C13H8F2N2O/c14-8-4-2-5-9(15)11(8)7-3-1-6-10-12(7)13(16)17-18-10/h1-6H,(H2,16,17). The summed E-state index contributed by atoms with van der Waals surface area (Å²) < 4.78 is 32.5. The van der Waals surface area contributed by atoms with E-state index in [2.05, 4.69) is 5.16 Å². The molecule has 0 saturated heterocycles. The first kappa shape index (κ1) is 10.7. The molecule has 0 aliphatic heterocycles. The first-order valence-electron chi connectivity index (χ1n) is 5.26. The molecule has 1 aromatic heterocycles. The van der Waals surface area contributed by atoms with Gasteiger partial charge < -0.3 is 10.3 Å². The molecule has 3 aromatic rings. The van der Waals surface area contributed by atoms with Crippen molar-refractivity contribution in [3.63, 3.8) is 0 Å². The zero-order valence-electron chi connectivity index (χ0n) is 9.15. The fourth-order valence-corrected chi connectivity index (χ4v) is 1.98. The van der Waals surface area contributed by atoms with Gasteiger partial charge in [-0.05, 0) is 18.2 Å². The zero-order valence-corrected chi connectivity index (χ0v) is 9.15. The normalized spacial score (nSPS) is 11.0. The summed E-state index contributed by atoms with van der Waals surface area (Å²) >= 11 is 0. The highest BCUT2D eigenvalue weighted by Crippen LogP contribution is 2.35. The fraction of sp³-hybridized carbons (Fsp3) is 0. The van der Waals surface area contributed by atoms with E-state index in [9.17, 15) is 8.78 Å². The van der Waals surface area contributed by atoms with Crippen LogP contribution < -0.4 is 5.73 Å². The largest absolute Gasteiger partial charge is 0.380 e. The summed E-state index contributed by atoms with van der Waals surface area (Å²) in [5.41, 5.74) is 6.27. The number of anilines is 1. The van der Waals surface area contributed by atoms with Crippen LogP contribution in [0.3, 0.4) is 0 Å². The number of nitrogen functional groups attached to an aromatic ring is 1. The molecule has 0 bridgehead atoms. The highest BCUT2D eigenvalue weighted by molar-refractivity contribution is 6.00. The van der Waals surface area contributed by atoms with E-state index < -0.39 is 11.6 Å². The molecule has 0 spiro atoms. The van der Waals surface area contributed by atoms with Gasteiger partial charge in [0.1, 0.15) is 11.6 Å². The van der Waals surface area contributed by atoms with Gasteiger partial charge in [0.15, 0.2) is 11.4 Å². The lowest BCUT2D eigenvalue weighted by molar-refractivity contribution is 0.460. The summed E-state index contributed by atoms with van der Waals surface area (Å²) in [6, 6.07) is 8.56. The third-order valence-corrected chi connectivity index (χ3v) is 2.76. The molecule has 0 amide bonds. The molecule has 18 heavy (non-hydrogen) atoms. The Bertz CT molecular complexity index is 717. The molecule has 0 aliphatic rings. The van der Waals surface area contributed by atoms with Gasteiger partial charge in [-0.25, -0.2) is 8.78 Å². The molecular weight excluding hydrogens is 238 g/mol. The summed E-state index contributed by atoms with van der Waals surface area (Å²) in [6.45, 7) is 0. The Hall–Kier alpha value is -2.43. The molecule has 3 rings (SSSR count). The highest BCUT2D eigenvalue weighted by atomic mass is 19.1. The Kier molecular flexibility index (Phi) is 2.26. The van der Waals surface area contributed by atoms with Crippen LogP contribution in [0.1, 0.15) is 0 Å². The molecule has 5 heteroatoms. The van der Waals surface area contributed by atoms with Gasteiger partial charge in [-0.15, -0.1) is 0 Å². The van der Waals surface area contributed by atoms with E-state index in [-0.39, 0.29) is 11.4 Å². The van der Waals surface area contributed by atoms with Crippen molar-refractivity contribution in [2.45, 2.75) is 0 Å². The van der Waals surface area contributed by atoms with Crippen LogP contribution in [0, 0.1) is 11.6 Å². The van der Waals surface area contributed by atoms with E-state index in [0.29, 0.717) is 16.5 Å². The number of hydrogen-bond donors (Lipinski definition) is 1. The smallest absolute Gasteiger partial charge is 0.175 e. The first-order valence-corrected chi connectivity index (χ1v) is 5.26. The maximum absolute atomic E-state index is 13.8. The quantitative estimate of drug-likeness (QED) is 0.716. The van der Waals surface area contributed by atoms with E-state index in [1.807, 2.05) is 0 Å². The summed E-state index contributed by atoms with van der Waals surface area (Å²) in [5.74, 6) is -1.19. The minimum atomic E-state index is -0.650. The van der Waals surface area contributed by atoms with Gasteiger partial charge >= 0.3 is 0 Å². The summed E-state index contributed by atoms with van der Waals surface area (Å²) in [5, 5.41) is 4.02. The third-order valence-electron chi connectivity index (χ3n) is 2.76. The monoisotopic (exact) mass is 246 g/mol. The van der Waals surface area contributed by atoms with Crippen LogP contribution in [-0.2, 0) is 0 Å². The Morgan fingerprint density at radius 1 is 1.00 bits per heavy atom. The van der Waals surface area contributed by atoms with Gasteiger partial charge in [0, 0.05) is 5.56 Å². The van der Waals surface area contributed by atoms with E-state index in [1.54, 1.807) is 18.2 Å². The molecule has 2 N–H and O–H groups in total. The minimum absolute atomic E-state index is 0.114. The second-order valence-electron chi connectivity index (χ2n) is 3.84. The number of halogens is 2. The van der Waals surface area contributed by atoms with Crippen molar-refractivity contribution in [2.24, 2.45) is 0 Å². The van der Waals surface area contributed by atoms with Crippen LogP contribution in [0.15, 0.2) is 40.9 Å². The Morgan fingerprint density at radius 2 is 1.67 bits per heavy atom. The predicted molar refractivity (Wildman–Crippen MR) is 63.8 cm³/mol. The molecule has 0 atom stereocenters. The van der Waals surface area contributed by atoms with Gasteiger partial charge in [-0.3, -0.25) is 0 Å². The lowest BCUT2D eigenvalue weighted by Gasteiger charge is -2.06. The second kappa shape index (κ2) is 3.80. The average Bonchev–Trinajstić information content (AvgIpc) is 2.72. The SMILES string of the molecule is Nc1noc2cccc(-c3c(F)cccc3F)c12. The topological polar surface area (TPSA) is 52.0 Å². The molecule has 0 unspecified atom stereocenters. The van der Waals surface area contributed by atoms with E-state index in [1.165, 1.54) is 18.2 Å². The van der Waals surface area contributed by atoms with Crippen LogP contribution in [0.5, 0.6) is 0 Å². The number of rotatable bonds is 1. The molecule has 90 valence electrons. The Labute approximate surface area is 101 Å².